The molecule has 0 aliphatic heterocycles. The van der Waals surface area contributed by atoms with Crippen molar-refractivity contribution in [3.63, 3.8) is 0 Å². The number of phosphoric ester groups is 1. The highest BCUT2D eigenvalue weighted by molar-refractivity contribution is 7.48. The molecular weight excluding hydrogens is 332 g/mol. The molecule has 1 heterocycles. The summed E-state index contributed by atoms with van der Waals surface area (Å²) in [6, 6.07) is 3.00. The van der Waals surface area contributed by atoms with Gasteiger partial charge in [-0.25, -0.2) is 8.96 Å². The third kappa shape index (κ3) is 3.77. The summed E-state index contributed by atoms with van der Waals surface area (Å²) in [4.78, 5) is 4.56. The minimum absolute atomic E-state index is 0.174. The molecule has 0 aliphatic rings. The first-order chi connectivity index (χ1) is 11.3. The van der Waals surface area contributed by atoms with Gasteiger partial charge in [0.25, 0.3) is 0 Å². The lowest BCUT2D eigenvalue weighted by Gasteiger charge is -2.20. The zero-order chi connectivity index (χ0) is 17.9. The molecule has 0 atom stereocenters. The van der Waals surface area contributed by atoms with Crippen molar-refractivity contribution >= 4 is 18.7 Å². The summed E-state index contributed by atoms with van der Waals surface area (Å²) in [5, 5.41) is 0.451. The number of nitrogens with zero attached hydrogens (tertiary/aromatic N) is 1. The maximum atomic E-state index is 14.1. The number of fused-ring (bicyclic) bond motifs is 1. The number of halogens is 1. The Bertz CT molecular complexity index is 784. The lowest BCUT2D eigenvalue weighted by Crippen LogP contribution is -2.06. The van der Waals surface area contributed by atoms with Crippen molar-refractivity contribution in [2.24, 2.45) is 0 Å². The molecule has 0 amide bonds. The Hall–Kier alpha value is -1.49. The maximum absolute atomic E-state index is 14.1. The van der Waals surface area contributed by atoms with E-state index in [0.29, 0.717) is 34.2 Å². The van der Waals surface area contributed by atoms with Crippen molar-refractivity contribution in [1.29, 1.82) is 0 Å². The van der Waals surface area contributed by atoms with E-state index in [1.165, 1.54) is 6.07 Å². The van der Waals surface area contributed by atoms with Crippen molar-refractivity contribution in [2.45, 2.75) is 41.0 Å². The van der Waals surface area contributed by atoms with Crippen molar-refractivity contribution in [3.8, 4) is 5.75 Å². The Balaban J connectivity index is 2.68. The lowest BCUT2D eigenvalue weighted by molar-refractivity contribution is 0.168. The van der Waals surface area contributed by atoms with Gasteiger partial charge in [0.1, 0.15) is 11.6 Å². The standard InChI is InChI=1S/C17H23FNO4P/c1-6-15-12(5)17(23-24(20,21-7-2)22-8-3)13-10-14(18)11(4)9-16(13)19-15/h9-10H,6-8H2,1-5H3. The minimum atomic E-state index is -3.78. The second-order valence-corrected chi connectivity index (χ2v) is 6.95. The number of rotatable bonds is 7. The Morgan fingerprint density at radius 3 is 2.29 bits per heavy atom. The monoisotopic (exact) mass is 355 g/mol. The Morgan fingerprint density at radius 1 is 1.12 bits per heavy atom. The molecule has 0 fully saturated rings. The molecule has 24 heavy (non-hydrogen) atoms. The van der Waals surface area contributed by atoms with Gasteiger partial charge in [-0.2, -0.15) is 0 Å². The third-order valence-electron chi connectivity index (χ3n) is 3.66. The van der Waals surface area contributed by atoms with E-state index in [1.807, 2.05) is 6.92 Å². The van der Waals surface area contributed by atoms with Gasteiger partial charge in [-0.1, -0.05) is 6.92 Å². The second kappa shape index (κ2) is 7.60. The van der Waals surface area contributed by atoms with Gasteiger partial charge < -0.3 is 4.52 Å². The average molecular weight is 355 g/mol. The van der Waals surface area contributed by atoms with E-state index in [-0.39, 0.29) is 19.0 Å². The van der Waals surface area contributed by atoms with Gasteiger partial charge in [0, 0.05) is 16.6 Å². The number of phosphoric acid groups is 1. The smallest absolute Gasteiger partial charge is 0.403 e. The van der Waals surface area contributed by atoms with Crippen LogP contribution in [0.4, 0.5) is 4.39 Å². The first-order valence-corrected chi connectivity index (χ1v) is 9.49. The molecule has 0 saturated carbocycles. The normalized spacial score (nSPS) is 11.9. The van der Waals surface area contributed by atoms with E-state index < -0.39 is 7.82 Å². The molecule has 7 heteroatoms. The average Bonchev–Trinajstić information content (AvgIpc) is 2.52. The van der Waals surface area contributed by atoms with Crippen LogP contribution in [0, 0.1) is 19.7 Å². The van der Waals surface area contributed by atoms with Crippen molar-refractivity contribution in [2.75, 3.05) is 13.2 Å². The molecule has 0 unspecified atom stereocenters. The van der Waals surface area contributed by atoms with Crippen molar-refractivity contribution in [3.05, 3.63) is 34.8 Å². The molecule has 0 aliphatic carbocycles. The van der Waals surface area contributed by atoms with Crippen LogP contribution >= 0.6 is 7.82 Å². The number of hydrogen-bond acceptors (Lipinski definition) is 5. The number of aryl methyl sites for hydroxylation is 2. The van der Waals surface area contributed by atoms with Gasteiger partial charge in [0.2, 0.25) is 0 Å². The zero-order valence-corrected chi connectivity index (χ0v) is 15.6. The molecule has 2 aromatic rings. The first kappa shape index (κ1) is 18.8. The number of benzene rings is 1. The Labute approximate surface area is 141 Å². The minimum Gasteiger partial charge on any atom is -0.403 e. The molecule has 0 radical (unpaired) electrons. The molecule has 132 valence electrons. The second-order valence-electron chi connectivity index (χ2n) is 5.36. The van der Waals surface area contributed by atoms with Gasteiger partial charge >= 0.3 is 7.82 Å². The van der Waals surface area contributed by atoms with E-state index >= 15 is 0 Å². The SMILES string of the molecule is CCOP(=O)(OCC)Oc1c(C)c(CC)nc2cc(C)c(F)cc12. The number of pyridine rings is 1. The summed E-state index contributed by atoms with van der Waals surface area (Å²) in [5.41, 5.74) is 2.58. The molecular formula is C17H23FNO4P. The van der Waals surface area contributed by atoms with Crippen LogP contribution in [0.3, 0.4) is 0 Å². The topological polar surface area (TPSA) is 57.7 Å². The highest BCUT2D eigenvalue weighted by Gasteiger charge is 2.30. The largest absolute Gasteiger partial charge is 0.530 e. The van der Waals surface area contributed by atoms with Crippen molar-refractivity contribution < 1.29 is 22.5 Å². The fourth-order valence-corrected chi connectivity index (χ4v) is 3.75. The zero-order valence-electron chi connectivity index (χ0n) is 14.7. The summed E-state index contributed by atoms with van der Waals surface area (Å²) in [5.74, 6) is -0.0820. The van der Waals surface area contributed by atoms with Crippen LogP contribution in [0.15, 0.2) is 12.1 Å². The highest BCUT2D eigenvalue weighted by atomic mass is 31.2. The third-order valence-corrected chi connectivity index (χ3v) is 5.22. The van der Waals surface area contributed by atoms with E-state index in [4.69, 9.17) is 13.6 Å². The van der Waals surface area contributed by atoms with Gasteiger partial charge in [-0.15, -0.1) is 0 Å². The van der Waals surface area contributed by atoms with E-state index in [9.17, 15) is 8.96 Å². The fraction of sp³-hybridized carbons (Fsp3) is 0.471. The fourth-order valence-electron chi connectivity index (χ4n) is 2.48. The van der Waals surface area contributed by atoms with E-state index in [0.717, 1.165) is 5.69 Å². The van der Waals surface area contributed by atoms with Gasteiger partial charge in [-0.05, 0) is 51.8 Å². The van der Waals surface area contributed by atoms with Gasteiger partial charge in [0.15, 0.2) is 0 Å². The molecule has 1 aromatic carbocycles. The molecule has 0 N–H and O–H groups in total. The van der Waals surface area contributed by atoms with Crippen LogP contribution < -0.4 is 4.52 Å². The van der Waals surface area contributed by atoms with Gasteiger partial charge in [0.05, 0.1) is 18.7 Å². The van der Waals surface area contributed by atoms with Crippen molar-refractivity contribution in [1.82, 2.24) is 4.98 Å². The van der Waals surface area contributed by atoms with Crippen LogP contribution in [-0.2, 0) is 20.0 Å². The quantitative estimate of drug-likeness (QED) is 0.646. The highest BCUT2D eigenvalue weighted by Crippen LogP contribution is 2.51. The number of hydrogen-bond donors (Lipinski definition) is 0. The predicted octanol–water partition coefficient (Wildman–Crippen LogP) is 5.11. The van der Waals surface area contributed by atoms with Crippen LogP contribution in [0.1, 0.15) is 37.6 Å². The summed E-state index contributed by atoms with van der Waals surface area (Å²) in [6.45, 7) is 9.20. The predicted molar refractivity (Wildman–Crippen MR) is 92.0 cm³/mol. The molecule has 2 rings (SSSR count). The molecule has 0 saturated heterocycles. The van der Waals surface area contributed by atoms with E-state index in [1.54, 1.807) is 33.8 Å². The van der Waals surface area contributed by atoms with Crippen LogP contribution in [-0.4, -0.2) is 18.2 Å². The van der Waals surface area contributed by atoms with Crippen LogP contribution in [0.2, 0.25) is 0 Å². The molecule has 0 spiro atoms. The Kier molecular flexibility index (Phi) is 5.97. The molecule has 0 bridgehead atoms. The van der Waals surface area contributed by atoms with Crippen LogP contribution in [0.5, 0.6) is 5.75 Å². The summed E-state index contributed by atoms with van der Waals surface area (Å²) in [6.07, 6.45) is 0.669. The number of aromatic nitrogens is 1. The molecule has 1 aromatic heterocycles. The maximum Gasteiger partial charge on any atom is 0.530 e. The molecule has 5 nitrogen and oxygen atoms in total. The van der Waals surface area contributed by atoms with E-state index in [2.05, 4.69) is 4.98 Å². The lowest BCUT2D eigenvalue weighted by atomic mass is 10.1. The summed E-state index contributed by atoms with van der Waals surface area (Å²) >= 11 is 0. The summed E-state index contributed by atoms with van der Waals surface area (Å²) in [7, 11) is -3.78. The Morgan fingerprint density at radius 2 is 1.75 bits per heavy atom. The first-order valence-electron chi connectivity index (χ1n) is 8.03. The van der Waals surface area contributed by atoms with Gasteiger partial charge in [-0.3, -0.25) is 14.0 Å². The van der Waals surface area contributed by atoms with Crippen LogP contribution in [0.25, 0.3) is 10.9 Å². The summed E-state index contributed by atoms with van der Waals surface area (Å²) < 4.78 is 42.9.